The number of carbonyl (C=O) groups excluding carboxylic acids is 1. The second-order valence-electron chi connectivity index (χ2n) is 9.90. The van der Waals surface area contributed by atoms with Crippen molar-refractivity contribution in [3.63, 3.8) is 0 Å². The third kappa shape index (κ3) is 4.17. The van der Waals surface area contributed by atoms with Crippen LogP contribution in [0.4, 0.5) is 0 Å². The minimum Gasteiger partial charge on any atom is -0.409 e. The topological polar surface area (TPSA) is 60.9 Å². The van der Waals surface area contributed by atoms with Crippen LogP contribution in [0.5, 0.6) is 0 Å². The van der Waals surface area contributed by atoms with Gasteiger partial charge in [-0.05, 0) is 70.4 Å². The summed E-state index contributed by atoms with van der Waals surface area (Å²) in [5.41, 5.74) is 3.80. The van der Waals surface area contributed by atoms with Crippen molar-refractivity contribution in [1.82, 2.24) is 14.8 Å². The smallest absolute Gasteiger partial charge is 0.334 e. The Hall–Kier alpha value is -2.96. The van der Waals surface area contributed by atoms with E-state index in [1.807, 2.05) is 6.07 Å². The maximum atomic E-state index is 11.9. The van der Waals surface area contributed by atoms with Crippen molar-refractivity contribution in [1.29, 1.82) is 0 Å². The number of esters is 1. The number of fused-ring (bicyclic) bond motifs is 1. The molecular formula is C28H34N4O2. The number of aromatic nitrogens is 1. The van der Waals surface area contributed by atoms with Gasteiger partial charge in [0.2, 0.25) is 5.90 Å². The molecule has 0 spiro atoms. The van der Waals surface area contributed by atoms with Crippen LogP contribution in [0.1, 0.15) is 36.8 Å². The number of benzene rings is 2. The lowest BCUT2D eigenvalue weighted by atomic mass is 9.73. The van der Waals surface area contributed by atoms with Crippen LogP contribution < -0.4 is 0 Å². The van der Waals surface area contributed by atoms with E-state index in [0.717, 1.165) is 37.6 Å². The first kappa shape index (κ1) is 22.8. The van der Waals surface area contributed by atoms with Crippen molar-refractivity contribution in [3.8, 4) is 0 Å². The first-order chi connectivity index (χ1) is 16.5. The van der Waals surface area contributed by atoms with Gasteiger partial charge in [-0.15, -0.1) is 0 Å². The van der Waals surface area contributed by atoms with Crippen LogP contribution in [0, 0.1) is 0 Å². The molecular weight excluding hydrogens is 424 g/mol. The van der Waals surface area contributed by atoms with Crippen molar-refractivity contribution in [2.24, 2.45) is 4.99 Å². The summed E-state index contributed by atoms with van der Waals surface area (Å²) in [5, 5.41) is 1.21. The maximum Gasteiger partial charge on any atom is 0.334 e. The van der Waals surface area contributed by atoms with Crippen molar-refractivity contribution in [2.45, 2.75) is 49.7 Å². The number of nitrogens with one attached hydrogen (secondary N) is 1. The molecule has 1 aliphatic carbocycles. The Balaban J connectivity index is 1.38. The van der Waals surface area contributed by atoms with E-state index in [1.54, 1.807) is 0 Å². The van der Waals surface area contributed by atoms with E-state index in [2.05, 4.69) is 95.6 Å². The van der Waals surface area contributed by atoms with Crippen molar-refractivity contribution in [2.75, 3.05) is 27.7 Å². The molecule has 1 atom stereocenters. The Labute approximate surface area is 201 Å². The zero-order chi connectivity index (χ0) is 23.7. The van der Waals surface area contributed by atoms with E-state index in [1.165, 1.54) is 16.5 Å². The number of para-hydroxylation sites is 1. The summed E-state index contributed by atoms with van der Waals surface area (Å²) in [6.45, 7) is 0.121. The van der Waals surface area contributed by atoms with Crippen LogP contribution in [-0.2, 0) is 21.5 Å². The highest BCUT2D eigenvalue weighted by Gasteiger charge is 2.41. The Morgan fingerprint density at radius 2 is 1.76 bits per heavy atom. The number of ether oxygens (including phenoxy) is 1. The SMILES string of the molecule is CN(C1CCC(c2ccccc2)(N(C)C)CC1)C(Cc1c[nH]c2ccccc12)C1=NCC(=O)O1. The molecule has 5 rings (SSSR count). The Morgan fingerprint density at radius 1 is 1.06 bits per heavy atom. The summed E-state index contributed by atoms with van der Waals surface area (Å²) < 4.78 is 5.60. The zero-order valence-corrected chi connectivity index (χ0v) is 20.3. The van der Waals surface area contributed by atoms with Crippen LogP contribution in [0.3, 0.4) is 0 Å². The molecule has 2 heterocycles. The Bertz CT molecular complexity index is 1180. The number of hydrogen-bond donors (Lipinski definition) is 1. The third-order valence-corrected chi connectivity index (χ3v) is 7.97. The van der Waals surface area contributed by atoms with Gasteiger partial charge in [0, 0.05) is 28.7 Å². The summed E-state index contributed by atoms with van der Waals surface area (Å²) in [6.07, 6.45) is 7.16. The highest BCUT2D eigenvalue weighted by Crippen LogP contribution is 2.42. The number of rotatable bonds is 7. The van der Waals surface area contributed by atoms with Crippen molar-refractivity contribution in [3.05, 3.63) is 71.9 Å². The van der Waals surface area contributed by atoms with E-state index >= 15 is 0 Å². The van der Waals surface area contributed by atoms with Crippen molar-refractivity contribution >= 4 is 22.8 Å². The largest absolute Gasteiger partial charge is 0.409 e. The molecule has 1 aromatic heterocycles. The van der Waals surface area contributed by atoms with Gasteiger partial charge in [-0.1, -0.05) is 48.5 Å². The molecule has 6 nitrogen and oxygen atoms in total. The molecule has 1 fully saturated rings. The second kappa shape index (κ2) is 9.35. The predicted molar refractivity (Wildman–Crippen MR) is 136 cm³/mol. The second-order valence-corrected chi connectivity index (χ2v) is 9.90. The van der Waals surface area contributed by atoms with Gasteiger partial charge in [-0.2, -0.15) is 0 Å². The number of aromatic amines is 1. The van der Waals surface area contributed by atoms with Gasteiger partial charge in [0.25, 0.3) is 0 Å². The van der Waals surface area contributed by atoms with Gasteiger partial charge in [0.1, 0.15) is 6.54 Å². The monoisotopic (exact) mass is 458 g/mol. The molecule has 1 aliphatic heterocycles. The fourth-order valence-electron chi connectivity index (χ4n) is 5.90. The molecule has 3 aromatic rings. The molecule has 34 heavy (non-hydrogen) atoms. The van der Waals surface area contributed by atoms with Gasteiger partial charge in [0.15, 0.2) is 0 Å². The molecule has 1 unspecified atom stereocenters. The number of carbonyl (C=O) groups is 1. The zero-order valence-electron chi connectivity index (χ0n) is 20.3. The third-order valence-electron chi connectivity index (χ3n) is 7.97. The van der Waals surface area contributed by atoms with Crippen molar-refractivity contribution < 1.29 is 9.53 Å². The quantitative estimate of drug-likeness (QED) is 0.534. The van der Waals surface area contributed by atoms with Crippen LogP contribution in [0.2, 0.25) is 0 Å². The van der Waals surface area contributed by atoms with Gasteiger partial charge < -0.3 is 9.72 Å². The molecule has 1 saturated carbocycles. The number of cyclic esters (lactones) is 1. The van der Waals surface area contributed by atoms with Gasteiger partial charge in [0.05, 0.1) is 6.04 Å². The Kier molecular flexibility index (Phi) is 6.28. The minimum absolute atomic E-state index is 0.0578. The van der Waals surface area contributed by atoms with Crippen LogP contribution in [0.15, 0.2) is 65.8 Å². The first-order valence-electron chi connectivity index (χ1n) is 12.2. The van der Waals surface area contributed by atoms with E-state index < -0.39 is 0 Å². The Morgan fingerprint density at radius 3 is 2.44 bits per heavy atom. The highest BCUT2D eigenvalue weighted by atomic mass is 16.6. The van der Waals surface area contributed by atoms with E-state index in [4.69, 9.17) is 4.74 Å². The number of H-pyrrole nitrogens is 1. The lowest BCUT2D eigenvalue weighted by molar-refractivity contribution is -0.132. The molecule has 1 N–H and O–H groups in total. The summed E-state index contributed by atoms with van der Waals surface area (Å²) in [7, 11) is 6.57. The first-order valence-corrected chi connectivity index (χ1v) is 12.2. The van der Waals surface area contributed by atoms with Crippen LogP contribution in [0.25, 0.3) is 10.9 Å². The molecule has 2 aromatic carbocycles. The number of aliphatic imine (C=N–C) groups is 1. The summed E-state index contributed by atoms with van der Waals surface area (Å²) in [5.74, 6) is 0.303. The lowest BCUT2D eigenvalue weighted by Gasteiger charge is -2.48. The summed E-state index contributed by atoms with van der Waals surface area (Å²) in [6, 6.07) is 19.6. The van der Waals surface area contributed by atoms with Gasteiger partial charge in [-0.3, -0.25) is 9.80 Å². The van der Waals surface area contributed by atoms with Gasteiger partial charge >= 0.3 is 5.97 Å². The molecule has 0 radical (unpaired) electrons. The summed E-state index contributed by atoms with van der Waals surface area (Å²) >= 11 is 0. The average Bonchev–Trinajstić information content (AvgIpc) is 3.48. The minimum atomic E-state index is -0.258. The van der Waals surface area contributed by atoms with Gasteiger partial charge in [-0.25, -0.2) is 9.79 Å². The number of hydrogen-bond acceptors (Lipinski definition) is 5. The fraction of sp³-hybridized carbons (Fsp3) is 0.429. The highest BCUT2D eigenvalue weighted by molar-refractivity contribution is 5.98. The summed E-state index contributed by atoms with van der Waals surface area (Å²) in [4.78, 5) is 24.6. The molecule has 0 saturated heterocycles. The maximum absolute atomic E-state index is 11.9. The molecule has 6 heteroatoms. The van der Waals surface area contributed by atoms with E-state index in [0.29, 0.717) is 11.9 Å². The van der Waals surface area contributed by atoms with Crippen LogP contribution >= 0.6 is 0 Å². The molecule has 178 valence electrons. The fourth-order valence-corrected chi connectivity index (χ4v) is 5.90. The number of nitrogens with zero attached hydrogens (tertiary/aromatic N) is 3. The lowest BCUT2D eigenvalue weighted by Crippen LogP contribution is -2.52. The molecule has 2 aliphatic rings. The van der Waals surface area contributed by atoms with E-state index in [9.17, 15) is 4.79 Å². The standard InChI is InChI=1S/C28H34N4O2/c1-31(2)28(21-9-5-4-6-10-21)15-13-22(14-16-28)32(3)25(27-30-19-26(33)34-27)17-20-18-29-24-12-8-7-11-23(20)24/h4-12,18,22,25,29H,13-17,19H2,1-3H3. The average molecular weight is 459 g/mol. The molecule has 0 amide bonds. The number of likely N-dealkylation sites (N-methyl/N-ethyl adjacent to an activating group) is 1. The predicted octanol–water partition coefficient (Wildman–Crippen LogP) is 4.37. The molecule has 0 bridgehead atoms. The van der Waals surface area contributed by atoms with Crippen LogP contribution in [-0.4, -0.2) is 66.4 Å². The normalized spacial score (nSPS) is 24.0. The van der Waals surface area contributed by atoms with E-state index in [-0.39, 0.29) is 24.1 Å².